The fourth-order valence-corrected chi connectivity index (χ4v) is 4.93. The average molecular weight is 397 g/mol. The van der Waals surface area contributed by atoms with Gasteiger partial charge < -0.3 is 0 Å². The van der Waals surface area contributed by atoms with Gasteiger partial charge in [0.05, 0.1) is 0 Å². The van der Waals surface area contributed by atoms with Crippen LogP contribution in [0.5, 0.6) is 0 Å². The topological polar surface area (TPSA) is 0 Å². The van der Waals surface area contributed by atoms with Gasteiger partial charge in [0.1, 0.15) is 0 Å². The van der Waals surface area contributed by atoms with Gasteiger partial charge in [-0.3, -0.25) is 0 Å². The molecule has 0 unspecified atom stereocenters. The molecule has 26 heavy (non-hydrogen) atoms. The first-order valence-electron chi connectivity index (χ1n) is 8.81. The molecule has 1 aromatic rings. The Morgan fingerprint density at radius 3 is 1.58 bits per heavy atom. The molecule has 0 aliphatic heterocycles. The zero-order chi connectivity index (χ0) is 20.5. The summed E-state index contributed by atoms with van der Waals surface area (Å²) in [6.45, 7) is 13.4. The van der Waals surface area contributed by atoms with Crippen molar-refractivity contribution in [1.29, 1.82) is 0 Å². The molecule has 0 amide bonds. The van der Waals surface area contributed by atoms with Gasteiger partial charge in [0.25, 0.3) is 0 Å². The lowest BCUT2D eigenvalue weighted by Crippen LogP contribution is -2.33. The molecule has 150 valence electrons. The number of halogens is 5. The Labute approximate surface area is 157 Å². The third kappa shape index (κ3) is 5.37. The zero-order valence-corrected chi connectivity index (χ0v) is 17.4. The summed E-state index contributed by atoms with van der Waals surface area (Å²) in [5.74, 6) is -8.52. The van der Waals surface area contributed by atoms with Crippen LogP contribution in [-0.2, 0) is 5.41 Å². The first-order chi connectivity index (χ1) is 11.7. The lowest BCUT2D eigenvalue weighted by Gasteiger charge is -2.37. The Balaban J connectivity index is 3.12. The van der Waals surface area contributed by atoms with Gasteiger partial charge >= 0.3 is 0 Å². The van der Waals surface area contributed by atoms with Crippen LogP contribution in [0.2, 0.25) is 0 Å². The molecule has 0 saturated heterocycles. The van der Waals surface area contributed by atoms with Crippen molar-refractivity contribution in [3.8, 4) is 0 Å². The molecule has 6 heteroatoms. The summed E-state index contributed by atoms with van der Waals surface area (Å²) in [6.07, 6.45) is 2.38. The third-order valence-corrected chi connectivity index (χ3v) is 6.39. The molecular weight excluding hydrogens is 367 g/mol. The predicted molar refractivity (Wildman–Crippen MR) is 99.1 cm³/mol. The van der Waals surface area contributed by atoms with Crippen LogP contribution in [0.25, 0.3) is 0 Å². The van der Waals surface area contributed by atoms with E-state index in [1.54, 1.807) is 11.8 Å². The van der Waals surface area contributed by atoms with Crippen LogP contribution in [0.4, 0.5) is 22.0 Å². The van der Waals surface area contributed by atoms with Crippen LogP contribution in [0.15, 0.2) is 0 Å². The van der Waals surface area contributed by atoms with E-state index in [2.05, 4.69) is 20.8 Å². The van der Waals surface area contributed by atoms with Gasteiger partial charge in [-0.2, -0.15) is 11.8 Å². The van der Waals surface area contributed by atoms with Crippen molar-refractivity contribution >= 4 is 11.8 Å². The van der Waals surface area contributed by atoms with E-state index in [1.807, 2.05) is 13.8 Å². The standard InChI is InChI=1S/C20H29F5S/c1-8-9-18(2,3)11-26-20(6,7)10-19(4,5)12-13(21)15(23)17(25)16(24)14(12)22/h8-11H2,1-7H3. The SMILES string of the molecule is CCCC(C)(C)CSC(C)(C)CC(C)(C)c1c(F)c(F)c(F)c(F)c1F. The Bertz CT molecular complexity index is 621. The molecule has 1 rings (SSSR count). The van der Waals surface area contributed by atoms with Crippen LogP contribution in [0.1, 0.15) is 73.3 Å². The van der Waals surface area contributed by atoms with E-state index in [4.69, 9.17) is 0 Å². The van der Waals surface area contributed by atoms with E-state index in [-0.39, 0.29) is 11.8 Å². The molecule has 0 saturated carbocycles. The summed E-state index contributed by atoms with van der Waals surface area (Å²) in [5, 5.41) is 0. The van der Waals surface area contributed by atoms with Crippen molar-refractivity contribution in [2.75, 3.05) is 5.75 Å². The fourth-order valence-electron chi connectivity index (χ4n) is 3.54. The molecule has 0 fully saturated rings. The first kappa shape index (κ1) is 23.3. The van der Waals surface area contributed by atoms with Gasteiger partial charge in [0.15, 0.2) is 23.3 Å². The molecule has 0 heterocycles. The highest BCUT2D eigenvalue weighted by atomic mass is 32.2. The highest BCUT2D eigenvalue weighted by Gasteiger charge is 2.39. The molecular formula is C20H29F5S. The Morgan fingerprint density at radius 2 is 1.15 bits per heavy atom. The summed E-state index contributed by atoms with van der Waals surface area (Å²) < 4.78 is 68.5. The molecule has 0 radical (unpaired) electrons. The minimum Gasteiger partial charge on any atom is -0.203 e. The second kappa shape index (κ2) is 8.07. The Morgan fingerprint density at radius 1 is 0.731 bits per heavy atom. The summed E-state index contributed by atoms with van der Waals surface area (Å²) in [5.41, 5.74) is -1.84. The maximum Gasteiger partial charge on any atom is 0.200 e. The second-order valence-corrected chi connectivity index (χ2v) is 10.7. The number of benzene rings is 1. The number of hydrogen-bond acceptors (Lipinski definition) is 1. The Hall–Kier alpha value is -0.780. The van der Waals surface area contributed by atoms with Crippen molar-refractivity contribution in [2.45, 2.75) is 77.9 Å². The summed E-state index contributed by atoms with van der Waals surface area (Å²) >= 11 is 1.66. The van der Waals surface area contributed by atoms with Crippen molar-refractivity contribution in [2.24, 2.45) is 5.41 Å². The maximum absolute atomic E-state index is 14.2. The van der Waals surface area contributed by atoms with Crippen LogP contribution < -0.4 is 0 Å². The van der Waals surface area contributed by atoms with Gasteiger partial charge in [0, 0.05) is 10.3 Å². The van der Waals surface area contributed by atoms with Crippen LogP contribution in [-0.4, -0.2) is 10.5 Å². The monoisotopic (exact) mass is 396 g/mol. The highest BCUT2D eigenvalue weighted by Crippen LogP contribution is 2.44. The molecule has 0 nitrogen and oxygen atoms in total. The normalized spacial score (nSPS) is 13.4. The minimum atomic E-state index is -2.12. The molecule has 0 aromatic heterocycles. The number of hydrogen-bond donors (Lipinski definition) is 0. The Kier molecular flexibility index (Phi) is 7.22. The lowest BCUT2D eigenvalue weighted by atomic mass is 9.77. The largest absolute Gasteiger partial charge is 0.203 e. The van der Waals surface area contributed by atoms with Gasteiger partial charge in [-0.15, -0.1) is 0 Å². The number of thioether (sulfide) groups is 1. The fraction of sp³-hybridized carbons (Fsp3) is 0.700. The van der Waals surface area contributed by atoms with Crippen molar-refractivity contribution < 1.29 is 22.0 Å². The van der Waals surface area contributed by atoms with E-state index in [0.29, 0.717) is 0 Å². The van der Waals surface area contributed by atoms with Gasteiger partial charge in [0.2, 0.25) is 5.82 Å². The van der Waals surface area contributed by atoms with Crippen molar-refractivity contribution in [3.05, 3.63) is 34.6 Å². The first-order valence-corrected chi connectivity index (χ1v) is 9.79. The van der Waals surface area contributed by atoms with Gasteiger partial charge in [-0.1, -0.05) is 54.9 Å². The van der Waals surface area contributed by atoms with Gasteiger partial charge in [-0.25, -0.2) is 22.0 Å². The lowest BCUT2D eigenvalue weighted by molar-refractivity contribution is 0.329. The molecule has 0 aliphatic carbocycles. The molecule has 1 aromatic carbocycles. The van der Waals surface area contributed by atoms with Crippen molar-refractivity contribution in [3.63, 3.8) is 0 Å². The zero-order valence-electron chi connectivity index (χ0n) is 16.6. The molecule has 0 aliphatic rings. The van der Waals surface area contributed by atoms with E-state index in [9.17, 15) is 22.0 Å². The van der Waals surface area contributed by atoms with Crippen LogP contribution >= 0.6 is 11.8 Å². The summed E-state index contributed by atoms with van der Waals surface area (Å²) in [4.78, 5) is 0. The molecule has 0 bridgehead atoms. The van der Waals surface area contributed by atoms with Crippen LogP contribution in [0.3, 0.4) is 0 Å². The molecule has 0 atom stereocenters. The summed E-state index contributed by atoms with van der Waals surface area (Å²) in [6, 6.07) is 0. The quantitative estimate of drug-likeness (QED) is 0.251. The molecule has 0 N–H and O–H groups in total. The summed E-state index contributed by atoms with van der Waals surface area (Å²) in [7, 11) is 0. The number of rotatable bonds is 8. The minimum absolute atomic E-state index is 0.116. The molecule has 0 spiro atoms. The van der Waals surface area contributed by atoms with Crippen LogP contribution in [0, 0.1) is 34.5 Å². The smallest absolute Gasteiger partial charge is 0.200 e. The maximum atomic E-state index is 14.2. The second-order valence-electron chi connectivity index (χ2n) is 8.97. The highest BCUT2D eigenvalue weighted by molar-refractivity contribution is 8.00. The van der Waals surface area contributed by atoms with E-state index in [1.165, 1.54) is 13.8 Å². The van der Waals surface area contributed by atoms with E-state index < -0.39 is 44.8 Å². The van der Waals surface area contributed by atoms with E-state index >= 15 is 0 Å². The third-order valence-electron chi connectivity index (χ3n) is 4.53. The van der Waals surface area contributed by atoms with Crippen molar-refractivity contribution in [1.82, 2.24) is 0 Å². The van der Waals surface area contributed by atoms with E-state index in [0.717, 1.165) is 18.6 Å². The van der Waals surface area contributed by atoms with Gasteiger partial charge in [-0.05, 0) is 29.4 Å². The predicted octanol–water partition coefficient (Wildman–Crippen LogP) is 7.39. The average Bonchev–Trinajstić information content (AvgIpc) is 2.48.